The molecule has 92 valence electrons. The molecule has 1 saturated carbocycles. The average molecular weight is 297 g/mol. The number of Topliss-reactive ketones (excluding diaryl/α,β-unsaturated/α-hetero) is 1. The Morgan fingerprint density at radius 2 is 2.06 bits per heavy atom. The molecule has 0 amide bonds. The van der Waals surface area contributed by atoms with Crippen molar-refractivity contribution >= 4 is 21.7 Å². The molecular weight excluding hydrogens is 280 g/mol. The molecule has 0 heterocycles. The third-order valence-corrected chi connectivity index (χ3v) is 4.20. The van der Waals surface area contributed by atoms with Gasteiger partial charge in [0.15, 0.2) is 0 Å². The number of benzene rings is 1. The zero-order valence-electron chi connectivity index (χ0n) is 10.0. The Kier molecular flexibility index (Phi) is 4.21. The van der Waals surface area contributed by atoms with Crippen LogP contribution in [0, 0.1) is 5.92 Å². The van der Waals surface area contributed by atoms with Gasteiger partial charge in [-0.15, -0.1) is 0 Å². The number of ether oxygens (including phenoxy) is 1. The van der Waals surface area contributed by atoms with Gasteiger partial charge in [0.25, 0.3) is 0 Å². The largest absolute Gasteiger partial charge is 0.497 e. The van der Waals surface area contributed by atoms with Crippen molar-refractivity contribution in [2.75, 3.05) is 7.11 Å². The Labute approximate surface area is 110 Å². The Morgan fingerprint density at radius 1 is 1.35 bits per heavy atom. The first-order chi connectivity index (χ1) is 8.19. The molecule has 1 fully saturated rings. The Bertz CT molecular complexity index is 405. The predicted octanol–water partition coefficient (Wildman–Crippen LogP) is 3.76. The number of rotatable bonds is 3. The SMILES string of the molecule is COc1ccc(Br)c(CC2CCC(=O)CC2)c1. The third-order valence-electron chi connectivity index (χ3n) is 3.42. The van der Waals surface area contributed by atoms with E-state index >= 15 is 0 Å². The van der Waals surface area contributed by atoms with Crippen LogP contribution in [0.4, 0.5) is 0 Å². The van der Waals surface area contributed by atoms with Crippen molar-refractivity contribution in [2.45, 2.75) is 32.1 Å². The van der Waals surface area contributed by atoms with Gasteiger partial charge in [-0.2, -0.15) is 0 Å². The number of carbonyl (C=O) groups is 1. The normalized spacial score (nSPS) is 17.2. The maximum Gasteiger partial charge on any atom is 0.132 e. The van der Waals surface area contributed by atoms with Gasteiger partial charge in [-0.3, -0.25) is 4.79 Å². The van der Waals surface area contributed by atoms with Crippen LogP contribution in [-0.2, 0) is 11.2 Å². The zero-order chi connectivity index (χ0) is 12.3. The lowest BCUT2D eigenvalue weighted by molar-refractivity contribution is -0.121. The standard InChI is InChI=1S/C14H17BrO2/c1-17-13-6-7-14(15)11(9-13)8-10-2-4-12(16)5-3-10/h6-7,9-10H,2-5,8H2,1H3. The van der Waals surface area contributed by atoms with Gasteiger partial charge < -0.3 is 4.74 Å². The van der Waals surface area contributed by atoms with E-state index in [4.69, 9.17) is 4.74 Å². The second-order valence-electron chi connectivity index (χ2n) is 4.64. The van der Waals surface area contributed by atoms with Gasteiger partial charge >= 0.3 is 0 Å². The van der Waals surface area contributed by atoms with Crippen LogP contribution in [0.5, 0.6) is 5.75 Å². The number of hydrogen-bond donors (Lipinski definition) is 0. The second kappa shape index (κ2) is 5.67. The average Bonchev–Trinajstić information content (AvgIpc) is 2.35. The van der Waals surface area contributed by atoms with E-state index in [2.05, 4.69) is 22.0 Å². The first-order valence-electron chi connectivity index (χ1n) is 6.03. The zero-order valence-corrected chi connectivity index (χ0v) is 11.6. The Balaban J connectivity index is 2.04. The fraction of sp³-hybridized carbons (Fsp3) is 0.500. The molecule has 2 nitrogen and oxygen atoms in total. The molecule has 3 heteroatoms. The summed E-state index contributed by atoms with van der Waals surface area (Å²) in [5, 5.41) is 0. The van der Waals surface area contributed by atoms with Gasteiger partial charge in [-0.1, -0.05) is 15.9 Å². The summed E-state index contributed by atoms with van der Waals surface area (Å²) in [6, 6.07) is 6.07. The van der Waals surface area contributed by atoms with Crippen molar-refractivity contribution in [3.05, 3.63) is 28.2 Å². The molecule has 1 aliphatic rings. The summed E-state index contributed by atoms with van der Waals surface area (Å²) in [5.74, 6) is 1.96. The van der Waals surface area contributed by atoms with Crippen LogP contribution in [0.15, 0.2) is 22.7 Å². The molecule has 0 unspecified atom stereocenters. The number of carbonyl (C=O) groups excluding carboxylic acids is 1. The minimum absolute atomic E-state index is 0.422. The molecule has 0 bridgehead atoms. The minimum Gasteiger partial charge on any atom is -0.497 e. The van der Waals surface area contributed by atoms with E-state index in [1.807, 2.05) is 12.1 Å². The summed E-state index contributed by atoms with van der Waals surface area (Å²) in [6.45, 7) is 0. The topological polar surface area (TPSA) is 26.3 Å². The molecule has 0 radical (unpaired) electrons. The summed E-state index contributed by atoms with van der Waals surface area (Å²) < 4.78 is 6.38. The van der Waals surface area contributed by atoms with Crippen molar-refractivity contribution in [2.24, 2.45) is 5.92 Å². The number of methoxy groups -OCH3 is 1. The van der Waals surface area contributed by atoms with Crippen molar-refractivity contribution in [1.29, 1.82) is 0 Å². The van der Waals surface area contributed by atoms with Crippen molar-refractivity contribution in [3.63, 3.8) is 0 Å². The van der Waals surface area contributed by atoms with Gasteiger partial charge in [-0.05, 0) is 48.9 Å². The molecule has 0 spiro atoms. The monoisotopic (exact) mass is 296 g/mol. The molecule has 0 saturated heterocycles. The van der Waals surface area contributed by atoms with Gasteiger partial charge in [-0.25, -0.2) is 0 Å². The molecule has 1 aromatic carbocycles. The molecule has 0 aliphatic heterocycles. The molecule has 2 rings (SSSR count). The van der Waals surface area contributed by atoms with Crippen molar-refractivity contribution < 1.29 is 9.53 Å². The van der Waals surface area contributed by atoms with E-state index in [-0.39, 0.29) is 0 Å². The highest BCUT2D eigenvalue weighted by molar-refractivity contribution is 9.10. The van der Waals surface area contributed by atoms with Gasteiger partial charge in [0.1, 0.15) is 11.5 Å². The summed E-state index contributed by atoms with van der Waals surface area (Å²) in [5.41, 5.74) is 1.28. The number of hydrogen-bond acceptors (Lipinski definition) is 2. The van der Waals surface area contributed by atoms with Gasteiger partial charge in [0, 0.05) is 17.3 Å². The van der Waals surface area contributed by atoms with E-state index in [0.717, 1.165) is 42.3 Å². The van der Waals surface area contributed by atoms with Crippen LogP contribution < -0.4 is 4.74 Å². The summed E-state index contributed by atoms with van der Waals surface area (Å²) >= 11 is 3.58. The molecule has 17 heavy (non-hydrogen) atoms. The Morgan fingerprint density at radius 3 is 2.71 bits per heavy atom. The molecule has 0 N–H and O–H groups in total. The van der Waals surface area contributed by atoms with Crippen LogP contribution in [0.2, 0.25) is 0 Å². The first-order valence-corrected chi connectivity index (χ1v) is 6.82. The van der Waals surface area contributed by atoms with Crippen LogP contribution in [0.25, 0.3) is 0 Å². The van der Waals surface area contributed by atoms with E-state index in [9.17, 15) is 4.79 Å². The smallest absolute Gasteiger partial charge is 0.132 e. The van der Waals surface area contributed by atoms with E-state index in [1.54, 1.807) is 7.11 Å². The van der Waals surface area contributed by atoms with E-state index in [1.165, 1.54) is 5.56 Å². The lowest BCUT2D eigenvalue weighted by Crippen LogP contribution is -2.15. The maximum atomic E-state index is 11.2. The lowest BCUT2D eigenvalue weighted by atomic mass is 9.84. The highest BCUT2D eigenvalue weighted by Gasteiger charge is 2.19. The highest BCUT2D eigenvalue weighted by atomic mass is 79.9. The van der Waals surface area contributed by atoms with Crippen molar-refractivity contribution in [1.82, 2.24) is 0 Å². The summed E-state index contributed by atoms with van der Waals surface area (Å²) in [4.78, 5) is 11.2. The number of ketones is 1. The third kappa shape index (κ3) is 3.32. The van der Waals surface area contributed by atoms with Gasteiger partial charge in [0.05, 0.1) is 7.11 Å². The number of halogens is 1. The lowest BCUT2D eigenvalue weighted by Gasteiger charge is -2.21. The quantitative estimate of drug-likeness (QED) is 0.849. The van der Waals surface area contributed by atoms with Crippen molar-refractivity contribution in [3.8, 4) is 5.75 Å². The molecule has 0 atom stereocenters. The summed E-state index contributed by atoms with van der Waals surface area (Å²) in [7, 11) is 1.69. The van der Waals surface area contributed by atoms with E-state index < -0.39 is 0 Å². The highest BCUT2D eigenvalue weighted by Crippen LogP contribution is 2.30. The maximum absolute atomic E-state index is 11.2. The van der Waals surface area contributed by atoms with Crippen LogP contribution >= 0.6 is 15.9 Å². The summed E-state index contributed by atoms with van der Waals surface area (Å²) in [6.07, 6.45) is 4.61. The van der Waals surface area contributed by atoms with Crippen LogP contribution in [-0.4, -0.2) is 12.9 Å². The molecule has 1 aromatic rings. The first kappa shape index (κ1) is 12.6. The van der Waals surface area contributed by atoms with E-state index in [0.29, 0.717) is 11.7 Å². The fourth-order valence-corrected chi connectivity index (χ4v) is 2.76. The molecule has 0 aromatic heterocycles. The fourth-order valence-electron chi connectivity index (χ4n) is 2.35. The van der Waals surface area contributed by atoms with Gasteiger partial charge in [0.2, 0.25) is 0 Å². The predicted molar refractivity (Wildman–Crippen MR) is 71.4 cm³/mol. The molecule has 1 aliphatic carbocycles. The molecular formula is C14H17BrO2. The van der Waals surface area contributed by atoms with Crippen LogP contribution in [0.1, 0.15) is 31.2 Å². The minimum atomic E-state index is 0.422. The Hall–Kier alpha value is -0.830. The second-order valence-corrected chi connectivity index (χ2v) is 5.50. The van der Waals surface area contributed by atoms with Crippen LogP contribution in [0.3, 0.4) is 0 Å².